The number of halogens is 4. The Morgan fingerprint density at radius 3 is 2.53 bits per heavy atom. The molecule has 102 valence electrons. The summed E-state index contributed by atoms with van der Waals surface area (Å²) in [5.74, 6) is -1.43. The summed E-state index contributed by atoms with van der Waals surface area (Å²) >= 11 is 3.11. The first-order chi connectivity index (χ1) is 8.59. The number of nitrogens with one attached hydrogen (secondary N) is 1. The first kappa shape index (κ1) is 15.5. The first-order valence-electron chi connectivity index (χ1n) is 4.96. The Hall–Kier alpha value is -1.59. The number of nitrogens with zero attached hydrogens (tertiary/aromatic N) is 1. The van der Waals surface area contributed by atoms with Crippen molar-refractivity contribution in [3.05, 3.63) is 28.2 Å². The van der Waals surface area contributed by atoms with Gasteiger partial charge in [-0.1, -0.05) is 15.9 Å². The van der Waals surface area contributed by atoms with E-state index in [0.717, 1.165) is 0 Å². The minimum absolute atomic E-state index is 0.0284. The molecule has 0 aliphatic carbocycles. The van der Waals surface area contributed by atoms with Gasteiger partial charge in [-0.25, -0.2) is 0 Å². The molecule has 19 heavy (non-hydrogen) atoms. The van der Waals surface area contributed by atoms with Crippen LogP contribution < -0.4 is 11.1 Å². The Morgan fingerprint density at radius 1 is 1.47 bits per heavy atom. The van der Waals surface area contributed by atoms with Crippen LogP contribution in [0.3, 0.4) is 0 Å². The van der Waals surface area contributed by atoms with E-state index in [0.29, 0.717) is 11.4 Å². The van der Waals surface area contributed by atoms with E-state index in [2.05, 4.69) is 15.9 Å². The van der Waals surface area contributed by atoms with Gasteiger partial charge in [-0.2, -0.15) is 18.4 Å². The highest BCUT2D eigenvalue weighted by Crippen LogP contribution is 2.29. The lowest BCUT2D eigenvalue weighted by molar-refractivity contribution is -0.184. The van der Waals surface area contributed by atoms with Crippen molar-refractivity contribution in [2.75, 3.05) is 5.32 Å². The van der Waals surface area contributed by atoms with Crippen LogP contribution in [-0.4, -0.2) is 17.6 Å². The van der Waals surface area contributed by atoms with Crippen LogP contribution in [0.2, 0.25) is 0 Å². The zero-order valence-electron chi connectivity index (χ0n) is 9.68. The van der Waals surface area contributed by atoms with E-state index < -0.39 is 17.6 Å². The number of hydrogen-bond donors (Lipinski definition) is 2. The highest BCUT2D eigenvalue weighted by Gasteiger charge is 2.54. The Kier molecular flexibility index (Phi) is 4.22. The van der Waals surface area contributed by atoms with Crippen LogP contribution >= 0.6 is 15.9 Å². The normalized spacial score (nSPS) is 14.4. The zero-order valence-corrected chi connectivity index (χ0v) is 11.3. The average molecular weight is 336 g/mol. The van der Waals surface area contributed by atoms with Crippen LogP contribution in [0.15, 0.2) is 22.7 Å². The van der Waals surface area contributed by atoms with Gasteiger partial charge in [0.05, 0.1) is 11.3 Å². The van der Waals surface area contributed by atoms with Gasteiger partial charge < -0.3 is 11.1 Å². The molecule has 4 nitrogen and oxygen atoms in total. The number of anilines is 1. The van der Waals surface area contributed by atoms with E-state index >= 15 is 0 Å². The molecule has 0 aliphatic heterocycles. The molecule has 0 fully saturated rings. The van der Waals surface area contributed by atoms with Crippen molar-refractivity contribution in [3.63, 3.8) is 0 Å². The number of alkyl halides is 3. The molecule has 3 N–H and O–H groups in total. The molecule has 1 aromatic carbocycles. The fourth-order valence-electron chi connectivity index (χ4n) is 1.10. The van der Waals surface area contributed by atoms with Crippen LogP contribution in [0.1, 0.15) is 12.5 Å². The predicted molar refractivity (Wildman–Crippen MR) is 66.1 cm³/mol. The topological polar surface area (TPSA) is 78.9 Å². The molecule has 1 rings (SSSR count). The van der Waals surface area contributed by atoms with Crippen molar-refractivity contribution in [2.24, 2.45) is 5.73 Å². The number of carbonyl (C=O) groups excluding carboxylic acids is 1. The third-order valence-electron chi connectivity index (χ3n) is 2.41. The number of rotatable bonds is 2. The molecule has 8 heteroatoms. The molecular formula is C11H9BrF3N3O. The number of amides is 1. The Morgan fingerprint density at radius 2 is 2.05 bits per heavy atom. The predicted octanol–water partition coefficient (Wildman–Crippen LogP) is 2.54. The molecular weight excluding hydrogens is 327 g/mol. The van der Waals surface area contributed by atoms with Crippen LogP contribution in [0.4, 0.5) is 18.9 Å². The second kappa shape index (κ2) is 5.19. The summed E-state index contributed by atoms with van der Waals surface area (Å²) in [5, 5.41) is 10.9. The van der Waals surface area contributed by atoms with Crippen molar-refractivity contribution in [1.82, 2.24) is 0 Å². The average Bonchev–Trinajstić information content (AvgIpc) is 2.29. The smallest absolute Gasteiger partial charge is 0.323 e. The van der Waals surface area contributed by atoms with Crippen LogP contribution in [0.25, 0.3) is 0 Å². The molecule has 0 saturated heterocycles. The largest absolute Gasteiger partial charge is 0.415 e. The second-order valence-electron chi connectivity index (χ2n) is 3.96. The maximum absolute atomic E-state index is 12.6. The molecule has 1 aromatic rings. The van der Waals surface area contributed by atoms with Crippen molar-refractivity contribution in [1.29, 1.82) is 5.26 Å². The van der Waals surface area contributed by atoms with Gasteiger partial charge >= 0.3 is 6.18 Å². The van der Waals surface area contributed by atoms with E-state index in [1.165, 1.54) is 18.2 Å². The Labute approximate surface area is 115 Å². The second-order valence-corrected chi connectivity index (χ2v) is 4.87. The monoisotopic (exact) mass is 335 g/mol. The molecule has 0 heterocycles. The molecule has 1 amide bonds. The van der Waals surface area contributed by atoms with Gasteiger partial charge in [0.15, 0.2) is 5.54 Å². The maximum atomic E-state index is 12.6. The van der Waals surface area contributed by atoms with Gasteiger partial charge in [-0.05, 0) is 25.1 Å². The summed E-state index contributed by atoms with van der Waals surface area (Å²) in [6.07, 6.45) is -4.89. The number of benzene rings is 1. The standard InChI is InChI=1S/C11H9BrF3N3O/c1-10(17,11(13,14)15)9(19)18-8-3-2-7(12)4-6(8)5-16/h2-4H,17H2,1H3,(H,18,19). The summed E-state index contributed by atoms with van der Waals surface area (Å²) in [4.78, 5) is 11.6. The highest BCUT2D eigenvalue weighted by molar-refractivity contribution is 9.10. The number of nitriles is 1. The van der Waals surface area contributed by atoms with Crippen molar-refractivity contribution in [2.45, 2.75) is 18.6 Å². The van der Waals surface area contributed by atoms with Crippen LogP contribution in [-0.2, 0) is 4.79 Å². The van der Waals surface area contributed by atoms with E-state index in [-0.39, 0.29) is 11.3 Å². The lowest BCUT2D eigenvalue weighted by Gasteiger charge is -2.26. The SMILES string of the molecule is CC(N)(C(=O)Nc1ccc(Br)cc1C#N)C(F)(F)F. The minimum Gasteiger partial charge on any atom is -0.323 e. The summed E-state index contributed by atoms with van der Waals surface area (Å²) in [6.45, 7) is 0.563. The van der Waals surface area contributed by atoms with Gasteiger partial charge in [0.2, 0.25) is 0 Å². The lowest BCUT2D eigenvalue weighted by Crippen LogP contribution is -2.59. The Balaban J connectivity index is 3.05. The summed E-state index contributed by atoms with van der Waals surface area (Å²) in [7, 11) is 0. The molecule has 0 aromatic heterocycles. The van der Waals surface area contributed by atoms with Crippen molar-refractivity contribution in [3.8, 4) is 6.07 Å². The molecule has 0 bridgehead atoms. The van der Waals surface area contributed by atoms with E-state index in [1.807, 2.05) is 5.32 Å². The summed E-state index contributed by atoms with van der Waals surface area (Å²) < 4.78 is 38.3. The van der Waals surface area contributed by atoms with E-state index in [9.17, 15) is 18.0 Å². The minimum atomic E-state index is -4.89. The number of carbonyl (C=O) groups is 1. The lowest BCUT2D eigenvalue weighted by atomic mass is 10.0. The van der Waals surface area contributed by atoms with E-state index in [1.54, 1.807) is 6.07 Å². The van der Waals surface area contributed by atoms with Crippen LogP contribution in [0, 0.1) is 11.3 Å². The van der Waals surface area contributed by atoms with Crippen LogP contribution in [0.5, 0.6) is 0 Å². The molecule has 0 spiro atoms. The molecule has 0 radical (unpaired) electrons. The zero-order chi connectivity index (χ0) is 14.8. The van der Waals surface area contributed by atoms with Gasteiger partial charge in [0.1, 0.15) is 6.07 Å². The fraction of sp³-hybridized carbons (Fsp3) is 0.273. The van der Waals surface area contributed by atoms with Gasteiger partial charge in [-0.3, -0.25) is 4.79 Å². The summed E-state index contributed by atoms with van der Waals surface area (Å²) in [6, 6.07) is 5.93. The number of hydrogen-bond acceptors (Lipinski definition) is 3. The van der Waals surface area contributed by atoms with E-state index in [4.69, 9.17) is 11.0 Å². The quantitative estimate of drug-likeness (QED) is 0.871. The van der Waals surface area contributed by atoms with Gasteiger partial charge in [-0.15, -0.1) is 0 Å². The highest BCUT2D eigenvalue weighted by atomic mass is 79.9. The fourth-order valence-corrected chi connectivity index (χ4v) is 1.46. The third-order valence-corrected chi connectivity index (χ3v) is 2.90. The first-order valence-corrected chi connectivity index (χ1v) is 5.75. The van der Waals surface area contributed by atoms with Crippen molar-refractivity contribution >= 4 is 27.5 Å². The molecule has 1 unspecified atom stereocenters. The van der Waals surface area contributed by atoms with Crippen molar-refractivity contribution < 1.29 is 18.0 Å². The molecule has 1 atom stereocenters. The third kappa shape index (κ3) is 3.24. The maximum Gasteiger partial charge on any atom is 0.415 e. The summed E-state index contributed by atoms with van der Waals surface area (Å²) in [5.41, 5.74) is 1.94. The van der Waals surface area contributed by atoms with Gasteiger partial charge in [0, 0.05) is 4.47 Å². The number of nitrogens with two attached hydrogens (primary N) is 1. The Bertz CT molecular complexity index is 549. The van der Waals surface area contributed by atoms with Gasteiger partial charge in [0.25, 0.3) is 5.91 Å². The molecule has 0 saturated carbocycles. The molecule has 0 aliphatic rings.